The van der Waals surface area contributed by atoms with Crippen LogP contribution in [0.15, 0.2) is 18.2 Å². The van der Waals surface area contributed by atoms with Crippen molar-refractivity contribution in [3.05, 3.63) is 35.4 Å². The van der Waals surface area contributed by atoms with Crippen LogP contribution in [0.3, 0.4) is 0 Å². The van der Waals surface area contributed by atoms with Gasteiger partial charge in [0, 0.05) is 23.5 Å². The summed E-state index contributed by atoms with van der Waals surface area (Å²) in [7, 11) is 0. The summed E-state index contributed by atoms with van der Waals surface area (Å²) in [5.74, 6) is -0.782. The minimum atomic E-state index is -0.408. The van der Waals surface area contributed by atoms with Crippen molar-refractivity contribution in [1.82, 2.24) is 5.32 Å². The highest BCUT2D eigenvalue weighted by Crippen LogP contribution is 2.09. The van der Waals surface area contributed by atoms with Crippen LogP contribution in [-0.2, 0) is 6.54 Å². The monoisotopic (exact) mass is 263 g/mol. The molecule has 0 saturated heterocycles. The van der Waals surface area contributed by atoms with Crippen molar-refractivity contribution in [1.29, 1.82) is 0 Å². The molecular weight excluding hydrogens is 252 g/mol. The predicted octanol–water partition coefficient (Wildman–Crippen LogP) is 2.84. The first kappa shape index (κ1) is 11.6. The van der Waals surface area contributed by atoms with Crippen LogP contribution in [0.2, 0.25) is 0 Å². The summed E-state index contributed by atoms with van der Waals surface area (Å²) in [6.45, 7) is 2.31. The molecular formula is C10H12BrF2N. The maximum Gasteiger partial charge on any atom is 0.127 e. The fourth-order valence-electron chi connectivity index (χ4n) is 1.02. The minimum Gasteiger partial charge on any atom is -0.309 e. The first-order valence-corrected chi connectivity index (χ1v) is 5.49. The molecule has 0 spiro atoms. The molecule has 0 saturated carbocycles. The Kier molecular flexibility index (Phi) is 4.48. The highest BCUT2D eigenvalue weighted by Gasteiger charge is 2.05. The van der Waals surface area contributed by atoms with Crippen molar-refractivity contribution in [2.24, 2.45) is 0 Å². The number of alkyl halides is 1. The van der Waals surface area contributed by atoms with Gasteiger partial charge >= 0.3 is 0 Å². The second-order valence-electron chi connectivity index (χ2n) is 3.17. The van der Waals surface area contributed by atoms with E-state index in [1.165, 1.54) is 6.07 Å². The molecule has 0 bridgehead atoms. The van der Waals surface area contributed by atoms with E-state index in [4.69, 9.17) is 0 Å². The van der Waals surface area contributed by atoms with Crippen molar-refractivity contribution >= 4 is 15.9 Å². The highest BCUT2D eigenvalue weighted by molar-refractivity contribution is 9.09. The van der Waals surface area contributed by atoms with E-state index in [0.717, 1.165) is 17.5 Å². The summed E-state index contributed by atoms with van der Waals surface area (Å²) in [4.78, 5) is 0. The van der Waals surface area contributed by atoms with Gasteiger partial charge in [-0.3, -0.25) is 0 Å². The number of nitrogens with one attached hydrogen (secondary N) is 1. The molecule has 0 aliphatic heterocycles. The lowest BCUT2D eigenvalue weighted by molar-refractivity contribution is 0.547. The molecule has 1 rings (SSSR count). The highest BCUT2D eigenvalue weighted by atomic mass is 79.9. The Bertz CT molecular complexity index is 304. The zero-order chi connectivity index (χ0) is 10.6. The topological polar surface area (TPSA) is 12.0 Å². The smallest absolute Gasteiger partial charge is 0.127 e. The van der Waals surface area contributed by atoms with E-state index >= 15 is 0 Å². The van der Waals surface area contributed by atoms with Gasteiger partial charge in [0.25, 0.3) is 0 Å². The van der Waals surface area contributed by atoms with Crippen LogP contribution in [0.25, 0.3) is 0 Å². The van der Waals surface area contributed by atoms with E-state index in [-0.39, 0.29) is 11.9 Å². The number of hydrogen-bond donors (Lipinski definition) is 1. The summed E-state index contributed by atoms with van der Waals surface area (Å²) in [6.07, 6.45) is 0. The van der Waals surface area contributed by atoms with Gasteiger partial charge in [-0.25, -0.2) is 8.78 Å². The van der Waals surface area contributed by atoms with Crippen LogP contribution in [-0.4, -0.2) is 11.4 Å². The Hall–Kier alpha value is -0.480. The molecule has 1 nitrogen and oxygen atoms in total. The Balaban J connectivity index is 2.62. The number of rotatable bonds is 4. The molecule has 14 heavy (non-hydrogen) atoms. The lowest BCUT2D eigenvalue weighted by Crippen LogP contribution is -2.27. The second-order valence-corrected chi connectivity index (χ2v) is 3.82. The minimum absolute atomic E-state index is 0.234. The molecule has 1 N–H and O–H groups in total. The Morgan fingerprint density at radius 3 is 2.79 bits per heavy atom. The van der Waals surface area contributed by atoms with E-state index in [9.17, 15) is 8.78 Å². The average molecular weight is 264 g/mol. The molecule has 0 radical (unpaired) electrons. The lowest BCUT2D eigenvalue weighted by Gasteiger charge is -2.10. The fraction of sp³-hybridized carbons (Fsp3) is 0.400. The van der Waals surface area contributed by atoms with Gasteiger partial charge in [-0.1, -0.05) is 15.9 Å². The van der Waals surface area contributed by atoms with Gasteiger partial charge in [-0.2, -0.15) is 0 Å². The van der Waals surface area contributed by atoms with Crippen molar-refractivity contribution in [3.63, 3.8) is 0 Å². The molecule has 1 aromatic rings. The molecule has 78 valence electrons. The number of benzene rings is 1. The fourth-order valence-corrected chi connectivity index (χ4v) is 1.25. The molecule has 0 aromatic heterocycles. The quantitative estimate of drug-likeness (QED) is 0.824. The standard InChI is InChI=1S/C10H12BrF2N/c1-7(5-11)14-6-8-4-9(12)2-3-10(8)13/h2-4,7,14H,5-6H2,1H3. The summed E-state index contributed by atoms with van der Waals surface area (Å²) >= 11 is 3.29. The third-order valence-corrected chi connectivity index (χ3v) is 2.85. The average Bonchev–Trinajstić information content (AvgIpc) is 2.19. The van der Waals surface area contributed by atoms with Crippen LogP contribution in [0.4, 0.5) is 8.78 Å². The van der Waals surface area contributed by atoms with Crippen molar-refractivity contribution < 1.29 is 8.78 Å². The Labute approximate surface area is 90.6 Å². The SMILES string of the molecule is CC(CBr)NCc1cc(F)ccc1F. The van der Waals surface area contributed by atoms with Gasteiger partial charge in [0.2, 0.25) is 0 Å². The van der Waals surface area contributed by atoms with Crippen LogP contribution in [0.5, 0.6) is 0 Å². The third-order valence-electron chi connectivity index (χ3n) is 1.88. The summed E-state index contributed by atoms with van der Waals surface area (Å²) in [5, 5.41) is 3.84. The summed E-state index contributed by atoms with van der Waals surface area (Å²) in [5.41, 5.74) is 0.359. The zero-order valence-corrected chi connectivity index (χ0v) is 9.44. The van der Waals surface area contributed by atoms with E-state index in [2.05, 4.69) is 21.2 Å². The van der Waals surface area contributed by atoms with Gasteiger partial charge in [-0.15, -0.1) is 0 Å². The molecule has 0 amide bonds. The van der Waals surface area contributed by atoms with Gasteiger partial charge in [-0.05, 0) is 25.1 Å². The maximum absolute atomic E-state index is 13.1. The zero-order valence-electron chi connectivity index (χ0n) is 7.86. The summed E-state index contributed by atoms with van der Waals surface area (Å²) < 4.78 is 25.9. The molecule has 0 aliphatic carbocycles. The van der Waals surface area contributed by atoms with E-state index in [0.29, 0.717) is 12.1 Å². The van der Waals surface area contributed by atoms with E-state index in [1.807, 2.05) is 6.92 Å². The van der Waals surface area contributed by atoms with Crippen LogP contribution >= 0.6 is 15.9 Å². The van der Waals surface area contributed by atoms with Crippen LogP contribution < -0.4 is 5.32 Å². The number of hydrogen-bond acceptors (Lipinski definition) is 1. The predicted molar refractivity (Wildman–Crippen MR) is 56.5 cm³/mol. The molecule has 1 aromatic carbocycles. The third kappa shape index (κ3) is 3.35. The molecule has 0 fully saturated rings. The normalized spacial score (nSPS) is 12.9. The number of halogens is 3. The molecule has 1 unspecified atom stereocenters. The second kappa shape index (κ2) is 5.41. The van der Waals surface area contributed by atoms with Crippen LogP contribution in [0.1, 0.15) is 12.5 Å². The lowest BCUT2D eigenvalue weighted by atomic mass is 10.2. The van der Waals surface area contributed by atoms with Crippen molar-refractivity contribution in [2.45, 2.75) is 19.5 Å². The first-order chi connectivity index (χ1) is 6.63. The van der Waals surface area contributed by atoms with Gasteiger partial charge < -0.3 is 5.32 Å². The molecule has 1 atom stereocenters. The van der Waals surface area contributed by atoms with E-state index < -0.39 is 5.82 Å². The summed E-state index contributed by atoms with van der Waals surface area (Å²) in [6, 6.07) is 3.71. The maximum atomic E-state index is 13.1. The van der Waals surface area contributed by atoms with Crippen molar-refractivity contribution in [3.8, 4) is 0 Å². The largest absolute Gasteiger partial charge is 0.309 e. The van der Waals surface area contributed by atoms with Gasteiger partial charge in [0.15, 0.2) is 0 Å². The molecule has 0 heterocycles. The molecule has 4 heteroatoms. The molecule has 0 aliphatic rings. The Morgan fingerprint density at radius 2 is 2.14 bits per heavy atom. The van der Waals surface area contributed by atoms with Gasteiger partial charge in [0.1, 0.15) is 11.6 Å². The van der Waals surface area contributed by atoms with E-state index in [1.54, 1.807) is 0 Å². The van der Waals surface area contributed by atoms with Crippen LogP contribution in [0, 0.1) is 11.6 Å². The van der Waals surface area contributed by atoms with Gasteiger partial charge in [0.05, 0.1) is 0 Å². The van der Waals surface area contributed by atoms with Crippen molar-refractivity contribution in [2.75, 3.05) is 5.33 Å². The first-order valence-electron chi connectivity index (χ1n) is 4.36. The Morgan fingerprint density at radius 1 is 1.43 bits per heavy atom.